The summed E-state index contributed by atoms with van der Waals surface area (Å²) in [4.78, 5) is 0. The van der Waals surface area contributed by atoms with Crippen LogP contribution in [0.5, 0.6) is 0 Å². The molecule has 5 heteroatoms. The van der Waals surface area contributed by atoms with Gasteiger partial charge in [0.15, 0.2) is 0 Å². The maximum absolute atomic E-state index is 12.3. The predicted octanol–water partition coefficient (Wildman–Crippen LogP) is 1.32. The Hall–Kier alpha value is -0.130. The zero-order valence-electron chi connectivity index (χ0n) is 10.7. The SMILES string of the molecule is CN(C1CCCCC1N)S(=O)(=O)C(C)(C)C. The van der Waals surface area contributed by atoms with Crippen molar-refractivity contribution in [1.29, 1.82) is 0 Å². The summed E-state index contributed by atoms with van der Waals surface area (Å²) < 4.78 is 25.3. The summed E-state index contributed by atoms with van der Waals surface area (Å²) in [5.41, 5.74) is 6.01. The van der Waals surface area contributed by atoms with Crippen molar-refractivity contribution in [3.05, 3.63) is 0 Å². The Balaban J connectivity index is 2.89. The molecular formula is C11H24N2O2S. The molecule has 96 valence electrons. The smallest absolute Gasteiger partial charge is 0.219 e. The lowest BCUT2D eigenvalue weighted by atomic mass is 9.91. The van der Waals surface area contributed by atoms with E-state index in [1.54, 1.807) is 27.8 Å². The number of nitrogens with zero attached hydrogens (tertiary/aromatic N) is 1. The third-order valence-corrected chi connectivity index (χ3v) is 5.98. The average molecular weight is 248 g/mol. The molecule has 0 saturated heterocycles. The minimum Gasteiger partial charge on any atom is -0.326 e. The molecule has 0 aliphatic heterocycles. The van der Waals surface area contributed by atoms with Gasteiger partial charge in [-0.3, -0.25) is 0 Å². The van der Waals surface area contributed by atoms with Crippen LogP contribution in [0.25, 0.3) is 0 Å². The van der Waals surface area contributed by atoms with Crippen LogP contribution in [0.15, 0.2) is 0 Å². The molecule has 0 bridgehead atoms. The summed E-state index contributed by atoms with van der Waals surface area (Å²) in [6, 6.07) is -0.0474. The molecule has 0 aromatic rings. The van der Waals surface area contributed by atoms with Crippen LogP contribution in [0.3, 0.4) is 0 Å². The minimum absolute atomic E-state index is 0.0177. The highest BCUT2D eigenvalue weighted by molar-refractivity contribution is 7.90. The largest absolute Gasteiger partial charge is 0.326 e. The van der Waals surface area contributed by atoms with Gasteiger partial charge in [0.05, 0.1) is 4.75 Å². The fraction of sp³-hybridized carbons (Fsp3) is 1.00. The fourth-order valence-electron chi connectivity index (χ4n) is 2.20. The molecule has 1 aliphatic carbocycles. The van der Waals surface area contributed by atoms with E-state index in [0.717, 1.165) is 25.7 Å². The first-order valence-corrected chi connectivity index (χ1v) is 7.35. The Bertz CT molecular complexity index is 332. The normalized spacial score (nSPS) is 28.4. The number of sulfonamides is 1. The maximum Gasteiger partial charge on any atom is 0.219 e. The summed E-state index contributed by atoms with van der Waals surface area (Å²) in [5.74, 6) is 0. The molecular weight excluding hydrogens is 224 g/mol. The Morgan fingerprint density at radius 2 is 1.69 bits per heavy atom. The summed E-state index contributed by atoms with van der Waals surface area (Å²) in [7, 11) is -1.59. The van der Waals surface area contributed by atoms with Gasteiger partial charge < -0.3 is 5.73 Å². The second kappa shape index (κ2) is 4.63. The Morgan fingerprint density at radius 1 is 1.19 bits per heavy atom. The first-order chi connectivity index (χ1) is 7.18. The van der Waals surface area contributed by atoms with Crippen LogP contribution in [-0.2, 0) is 10.0 Å². The minimum atomic E-state index is -3.26. The van der Waals surface area contributed by atoms with Gasteiger partial charge in [-0.05, 0) is 33.6 Å². The Labute approximate surface area is 99.2 Å². The molecule has 0 amide bonds. The van der Waals surface area contributed by atoms with E-state index in [2.05, 4.69) is 0 Å². The second-order valence-corrected chi connectivity index (χ2v) is 8.40. The monoisotopic (exact) mass is 248 g/mol. The van der Waals surface area contributed by atoms with E-state index < -0.39 is 14.8 Å². The van der Waals surface area contributed by atoms with Gasteiger partial charge in [-0.25, -0.2) is 8.42 Å². The van der Waals surface area contributed by atoms with Gasteiger partial charge in [0.25, 0.3) is 0 Å². The lowest BCUT2D eigenvalue weighted by Gasteiger charge is -2.38. The molecule has 4 nitrogen and oxygen atoms in total. The topological polar surface area (TPSA) is 63.4 Å². The van der Waals surface area contributed by atoms with Gasteiger partial charge in [-0.2, -0.15) is 4.31 Å². The average Bonchev–Trinajstić information content (AvgIpc) is 2.15. The van der Waals surface area contributed by atoms with Crippen molar-refractivity contribution in [2.45, 2.75) is 63.3 Å². The molecule has 0 aromatic carbocycles. The zero-order chi connectivity index (χ0) is 12.6. The highest BCUT2D eigenvalue weighted by Gasteiger charge is 2.39. The molecule has 1 saturated carbocycles. The molecule has 1 rings (SSSR count). The maximum atomic E-state index is 12.3. The van der Waals surface area contributed by atoms with Gasteiger partial charge in [-0.15, -0.1) is 0 Å². The molecule has 2 N–H and O–H groups in total. The number of rotatable bonds is 2. The highest BCUT2D eigenvalue weighted by Crippen LogP contribution is 2.27. The predicted molar refractivity (Wildman–Crippen MR) is 66.7 cm³/mol. The van der Waals surface area contributed by atoms with Gasteiger partial charge in [-0.1, -0.05) is 12.8 Å². The summed E-state index contributed by atoms with van der Waals surface area (Å²) in [5, 5.41) is 0. The number of nitrogens with two attached hydrogens (primary N) is 1. The van der Waals surface area contributed by atoms with E-state index in [9.17, 15) is 8.42 Å². The third kappa shape index (κ3) is 2.57. The van der Waals surface area contributed by atoms with Gasteiger partial charge >= 0.3 is 0 Å². The lowest BCUT2D eigenvalue weighted by molar-refractivity contribution is 0.248. The Kier molecular flexibility index (Phi) is 4.03. The molecule has 0 radical (unpaired) electrons. The lowest BCUT2D eigenvalue weighted by Crippen LogP contribution is -2.53. The number of hydrogen-bond acceptors (Lipinski definition) is 3. The molecule has 0 spiro atoms. The summed E-state index contributed by atoms with van der Waals surface area (Å²) >= 11 is 0. The first kappa shape index (κ1) is 13.9. The highest BCUT2D eigenvalue weighted by atomic mass is 32.2. The van der Waals surface area contributed by atoms with Gasteiger partial charge in [0.2, 0.25) is 10.0 Å². The molecule has 2 unspecified atom stereocenters. The Morgan fingerprint density at radius 3 is 2.12 bits per heavy atom. The van der Waals surface area contributed by atoms with Crippen LogP contribution in [0.1, 0.15) is 46.5 Å². The number of likely N-dealkylation sites (N-methyl/N-ethyl adjacent to an activating group) is 1. The van der Waals surface area contributed by atoms with E-state index in [4.69, 9.17) is 5.73 Å². The molecule has 0 aromatic heterocycles. The molecule has 0 heterocycles. The van der Waals surface area contributed by atoms with Crippen molar-refractivity contribution in [2.75, 3.05) is 7.05 Å². The van der Waals surface area contributed by atoms with E-state index in [-0.39, 0.29) is 12.1 Å². The standard InChI is InChI=1S/C11H24N2O2S/c1-11(2,3)16(14,15)13(4)10-8-6-5-7-9(10)12/h9-10H,5-8,12H2,1-4H3. The molecule has 1 aliphatic rings. The van der Waals surface area contributed by atoms with Crippen LogP contribution in [0.4, 0.5) is 0 Å². The van der Waals surface area contributed by atoms with Crippen molar-refractivity contribution in [1.82, 2.24) is 4.31 Å². The van der Waals surface area contributed by atoms with Gasteiger partial charge in [0.1, 0.15) is 0 Å². The summed E-state index contributed by atoms with van der Waals surface area (Å²) in [6.45, 7) is 5.19. The molecule has 16 heavy (non-hydrogen) atoms. The van der Waals surface area contributed by atoms with Crippen LogP contribution in [0.2, 0.25) is 0 Å². The van der Waals surface area contributed by atoms with Crippen LogP contribution >= 0.6 is 0 Å². The van der Waals surface area contributed by atoms with Crippen LogP contribution in [-0.4, -0.2) is 36.6 Å². The zero-order valence-corrected chi connectivity index (χ0v) is 11.5. The first-order valence-electron chi connectivity index (χ1n) is 5.91. The van der Waals surface area contributed by atoms with Crippen molar-refractivity contribution in [3.63, 3.8) is 0 Å². The van der Waals surface area contributed by atoms with Crippen molar-refractivity contribution >= 4 is 10.0 Å². The van der Waals surface area contributed by atoms with Crippen molar-refractivity contribution < 1.29 is 8.42 Å². The summed E-state index contributed by atoms with van der Waals surface area (Å²) in [6.07, 6.45) is 3.99. The molecule has 2 atom stereocenters. The fourth-order valence-corrected chi connectivity index (χ4v) is 3.68. The number of hydrogen-bond donors (Lipinski definition) is 1. The third-order valence-electron chi connectivity index (χ3n) is 3.40. The van der Waals surface area contributed by atoms with Crippen LogP contribution in [0, 0.1) is 0 Å². The van der Waals surface area contributed by atoms with Gasteiger partial charge in [0, 0.05) is 19.1 Å². The van der Waals surface area contributed by atoms with Crippen molar-refractivity contribution in [3.8, 4) is 0 Å². The van der Waals surface area contributed by atoms with E-state index in [0.29, 0.717) is 0 Å². The quantitative estimate of drug-likeness (QED) is 0.801. The molecule has 1 fully saturated rings. The van der Waals surface area contributed by atoms with E-state index in [1.807, 2.05) is 0 Å². The van der Waals surface area contributed by atoms with E-state index in [1.165, 1.54) is 4.31 Å². The second-order valence-electron chi connectivity index (χ2n) is 5.65. The van der Waals surface area contributed by atoms with Crippen LogP contribution < -0.4 is 5.73 Å². The van der Waals surface area contributed by atoms with E-state index >= 15 is 0 Å². The van der Waals surface area contributed by atoms with Crippen molar-refractivity contribution in [2.24, 2.45) is 5.73 Å².